The molecule has 4 N–H and O–H groups in total. The predicted octanol–water partition coefficient (Wildman–Crippen LogP) is 2.82. The lowest BCUT2D eigenvalue weighted by molar-refractivity contribution is -0.120. The van der Waals surface area contributed by atoms with Gasteiger partial charge in [0.2, 0.25) is 18.2 Å². The van der Waals surface area contributed by atoms with Gasteiger partial charge in [0.15, 0.2) is 0 Å². The topological polar surface area (TPSA) is 111 Å². The molecule has 0 bridgehead atoms. The molecule has 0 aliphatic carbocycles. The fourth-order valence-electron chi connectivity index (χ4n) is 2.49. The highest BCUT2D eigenvalue weighted by atomic mass is 32.1. The summed E-state index contributed by atoms with van der Waals surface area (Å²) in [4.78, 5) is 32.6. The number of nitrogens with two attached hydrogens (primary N) is 1. The van der Waals surface area contributed by atoms with Crippen LogP contribution >= 0.6 is 12.6 Å². The molecule has 0 spiro atoms. The van der Waals surface area contributed by atoms with Crippen molar-refractivity contribution in [1.29, 1.82) is 0 Å². The first kappa shape index (κ1) is 31.9. The van der Waals surface area contributed by atoms with Gasteiger partial charge in [0.05, 0.1) is 12.6 Å². The molecule has 1 unspecified atom stereocenters. The summed E-state index contributed by atoms with van der Waals surface area (Å²) in [5, 5.41) is 5.25. The average Bonchev–Trinajstić information content (AvgIpc) is 2.82. The zero-order valence-electron chi connectivity index (χ0n) is 19.9. The number of rotatable bonds is 14. The molecule has 182 valence electrons. The Bertz CT molecular complexity index is 633. The van der Waals surface area contributed by atoms with Gasteiger partial charge in [-0.05, 0) is 56.9 Å². The van der Waals surface area contributed by atoms with Crippen LogP contribution in [0.1, 0.15) is 50.7 Å². The lowest BCUT2D eigenvalue weighted by Gasteiger charge is -2.15. The van der Waals surface area contributed by atoms with E-state index in [1.807, 2.05) is 38.1 Å². The fraction of sp³-hybridized carbons (Fsp3) is 0.542. The minimum atomic E-state index is -0.388. The van der Waals surface area contributed by atoms with Gasteiger partial charge in [0.25, 0.3) is 0 Å². The summed E-state index contributed by atoms with van der Waals surface area (Å²) in [6.45, 7) is 4.94. The predicted molar refractivity (Wildman–Crippen MR) is 135 cm³/mol. The number of primary amides is 1. The van der Waals surface area contributed by atoms with E-state index in [9.17, 15) is 14.4 Å². The van der Waals surface area contributed by atoms with E-state index in [-0.39, 0.29) is 24.3 Å². The van der Waals surface area contributed by atoms with Crippen LogP contribution < -0.4 is 16.4 Å². The molecule has 0 saturated carbocycles. The molecule has 0 fully saturated rings. The van der Waals surface area contributed by atoms with Crippen molar-refractivity contribution in [2.24, 2.45) is 5.73 Å². The van der Waals surface area contributed by atoms with Crippen LogP contribution in [0, 0.1) is 0 Å². The van der Waals surface area contributed by atoms with Crippen LogP contribution in [0.3, 0.4) is 0 Å². The van der Waals surface area contributed by atoms with Crippen molar-refractivity contribution in [3.8, 4) is 0 Å². The Balaban J connectivity index is 0. The quantitative estimate of drug-likeness (QED) is 0.146. The molecular formula is C24H41N3O4S. The van der Waals surface area contributed by atoms with E-state index in [2.05, 4.69) is 35.4 Å². The number of ether oxygens (including phenoxy) is 1. The Morgan fingerprint density at radius 3 is 2.09 bits per heavy atom. The van der Waals surface area contributed by atoms with Gasteiger partial charge >= 0.3 is 0 Å². The van der Waals surface area contributed by atoms with Crippen LogP contribution in [0.4, 0.5) is 0 Å². The third-order valence-corrected chi connectivity index (χ3v) is 4.39. The van der Waals surface area contributed by atoms with Crippen LogP contribution in [-0.4, -0.2) is 50.8 Å². The van der Waals surface area contributed by atoms with Crippen molar-refractivity contribution in [2.75, 3.05) is 26.5 Å². The highest BCUT2D eigenvalue weighted by Crippen LogP contribution is 2.09. The molecular weight excluding hydrogens is 426 g/mol. The highest BCUT2D eigenvalue weighted by Gasteiger charge is 2.09. The van der Waals surface area contributed by atoms with Crippen molar-refractivity contribution >= 4 is 30.9 Å². The molecule has 7 nitrogen and oxygen atoms in total. The van der Waals surface area contributed by atoms with Crippen LogP contribution in [0.25, 0.3) is 0 Å². The van der Waals surface area contributed by atoms with E-state index in [1.165, 1.54) is 5.56 Å². The number of benzene rings is 1. The summed E-state index contributed by atoms with van der Waals surface area (Å²) in [5.41, 5.74) is 7.47. The first-order valence-corrected chi connectivity index (χ1v) is 11.7. The van der Waals surface area contributed by atoms with E-state index in [4.69, 9.17) is 10.5 Å². The molecule has 0 aliphatic rings. The van der Waals surface area contributed by atoms with Crippen LogP contribution in [0.15, 0.2) is 36.4 Å². The normalized spacial score (nSPS) is 10.8. The number of allylic oxidation sites excluding steroid dienone is 2. The molecule has 0 aliphatic heterocycles. The molecule has 0 aromatic heterocycles. The second-order valence-corrected chi connectivity index (χ2v) is 6.82. The van der Waals surface area contributed by atoms with Gasteiger partial charge in [-0.3, -0.25) is 14.4 Å². The van der Waals surface area contributed by atoms with Crippen molar-refractivity contribution in [3.63, 3.8) is 0 Å². The second-order valence-electron chi connectivity index (χ2n) is 6.82. The summed E-state index contributed by atoms with van der Waals surface area (Å²) in [6.07, 6.45) is 9.99. The summed E-state index contributed by atoms with van der Waals surface area (Å²) in [6, 6.07) is 8.05. The first-order chi connectivity index (χ1) is 15.5. The monoisotopic (exact) mass is 467 g/mol. The van der Waals surface area contributed by atoms with Crippen molar-refractivity contribution < 1.29 is 19.1 Å². The Morgan fingerprint density at radius 1 is 1.06 bits per heavy atom. The van der Waals surface area contributed by atoms with Gasteiger partial charge in [-0.15, -0.1) is 0 Å². The Labute approximate surface area is 199 Å². The van der Waals surface area contributed by atoms with Crippen LogP contribution in [-0.2, 0) is 32.0 Å². The maximum Gasteiger partial charge on any atom is 0.220 e. The van der Waals surface area contributed by atoms with Crippen LogP contribution in [0.2, 0.25) is 0 Å². The molecule has 32 heavy (non-hydrogen) atoms. The third-order valence-electron chi connectivity index (χ3n) is 4.39. The molecule has 1 aromatic carbocycles. The lowest BCUT2D eigenvalue weighted by Crippen LogP contribution is -2.33. The molecule has 1 rings (SSSR count). The molecule has 0 heterocycles. The Kier molecular flexibility index (Phi) is 23.2. The standard InChI is InChI=1S/C19H29N3O4.C4H8.CH4S/c1-21-19(25)11-8-16-6-4-15(5-7-16)3-2-12-26-13-17(22-14-23)9-10-18(20)24;1-3-4-2;1-2/h4-7,14,17H,2-3,8-13H2,1H3,(H2,20,24)(H,21,25)(H,22,23);3-4H,1-2H3;2H,1H3/b;4-3-;. The van der Waals surface area contributed by atoms with Gasteiger partial charge in [-0.1, -0.05) is 36.4 Å². The molecule has 0 saturated heterocycles. The van der Waals surface area contributed by atoms with E-state index < -0.39 is 0 Å². The summed E-state index contributed by atoms with van der Waals surface area (Å²) in [7, 11) is 1.64. The maximum atomic E-state index is 11.2. The molecule has 3 amide bonds. The number of aryl methyl sites for hydroxylation is 2. The van der Waals surface area contributed by atoms with E-state index in [0.29, 0.717) is 32.5 Å². The Hall–Kier alpha value is -2.32. The molecule has 1 atom stereocenters. The van der Waals surface area contributed by atoms with Gasteiger partial charge in [-0.25, -0.2) is 0 Å². The number of carbonyl (C=O) groups is 3. The summed E-state index contributed by atoms with van der Waals surface area (Å²) >= 11 is 3.53. The van der Waals surface area contributed by atoms with E-state index in [1.54, 1.807) is 13.3 Å². The van der Waals surface area contributed by atoms with Gasteiger partial charge < -0.3 is 21.1 Å². The zero-order valence-corrected chi connectivity index (χ0v) is 20.8. The van der Waals surface area contributed by atoms with Gasteiger partial charge in [0.1, 0.15) is 0 Å². The molecule has 0 radical (unpaired) electrons. The minimum Gasteiger partial charge on any atom is -0.379 e. The number of hydrogen-bond donors (Lipinski definition) is 4. The fourth-order valence-corrected chi connectivity index (χ4v) is 2.49. The van der Waals surface area contributed by atoms with Crippen LogP contribution in [0.5, 0.6) is 0 Å². The number of thiol groups is 1. The zero-order chi connectivity index (χ0) is 24.6. The summed E-state index contributed by atoms with van der Waals surface area (Å²) in [5.74, 6) is -0.342. The van der Waals surface area contributed by atoms with E-state index >= 15 is 0 Å². The van der Waals surface area contributed by atoms with Crippen molar-refractivity contribution in [2.45, 2.75) is 58.4 Å². The third kappa shape index (κ3) is 19.6. The second kappa shape index (κ2) is 23.3. The average molecular weight is 468 g/mol. The molecule has 8 heteroatoms. The number of carbonyl (C=O) groups excluding carboxylic acids is 3. The van der Waals surface area contributed by atoms with E-state index in [0.717, 1.165) is 24.8 Å². The smallest absolute Gasteiger partial charge is 0.220 e. The number of nitrogens with one attached hydrogen (secondary N) is 2. The molecule has 1 aromatic rings. The first-order valence-electron chi connectivity index (χ1n) is 10.8. The minimum absolute atomic E-state index is 0.0458. The summed E-state index contributed by atoms with van der Waals surface area (Å²) < 4.78 is 5.59. The van der Waals surface area contributed by atoms with Gasteiger partial charge in [0, 0.05) is 26.5 Å². The van der Waals surface area contributed by atoms with Crippen molar-refractivity contribution in [1.82, 2.24) is 10.6 Å². The largest absolute Gasteiger partial charge is 0.379 e. The van der Waals surface area contributed by atoms with Gasteiger partial charge in [-0.2, -0.15) is 12.6 Å². The number of amides is 3. The Morgan fingerprint density at radius 2 is 1.62 bits per heavy atom. The maximum absolute atomic E-state index is 11.2. The highest BCUT2D eigenvalue weighted by molar-refractivity contribution is 7.79. The lowest BCUT2D eigenvalue weighted by atomic mass is 10.0. The SMILES string of the molecule is C/C=C\C.CNC(=O)CCc1ccc(CCCOCC(CCC(N)=O)NC=O)cc1.CS. The number of hydrogen-bond acceptors (Lipinski definition) is 5. The van der Waals surface area contributed by atoms with Crippen molar-refractivity contribution in [3.05, 3.63) is 47.5 Å².